The molecule has 2 aliphatic rings. The summed E-state index contributed by atoms with van der Waals surface area (Å²) in [5.41, 5.74) is -0.0172. The van der Waals surface area contributed by atoms with Crippen molar-refractivity contribution in [2.75, 3.05) is 17.5 Å². The Labute approximate surface area is 155 Å². The van der Waals surface area contributed by atoms with Crippen LogP contribution in [0.25, 0.3) is 0 Å². The lowest BCUT2D eigenvalue weighted by molar-refractivity contribution is -0.00371. The minimum Gasteiger partial charge on any atom is -0.490 e. The summed E-state index contributed by atoms with van der Waals surface area (Å²) in [7, 11) is 0. The van der Waals surface area contributed by atoms with Gasteiger partial charge in [-0.1, -0.05) is 38.5 Å². The molecule has 1 aromatic rings. The van der Waals surface area contributed by atoms with Crippen LogP contribution in [0.15, 0.2) is 27.7 Å². The van der Waals surface area contributed by atoms with Gasteiger partial charge >= 0.3 is 6.09 Å². The quantitative estimate of drug-likeness (QED) is 0.297. The number of hydrogen-bond acceptors (Lipinski definition) is 4. The molecule has 1 fully saturated rings. The SMILES string of the molecule is O=C=NC1(CI)c2cc(Br)ccc2OC2CCN(C(=O)O)CC21. The van der Waals surface area contributed by atoms with Gasteiger partial charge in [-0.2, -0.15) is 4.99 Å². The highest BCUT2D eigenvalue weighted by Gasteiger charge is 2.52. The number of carboxylic acid groups (broad SMARTS) is 1. The van der Waals surface area contributed by atoms with Crippen LogP contribution in [0.3, 0.4) is 0 Å². The molecule has 2 aliphatic heterocycles. The van der Waals surface area contributed by atoms with E-state index < -0.39 is 11.6 Å². The molecule has 3 unspecified atom stereocenters. The van der Waals surface area contributed by atoms with E-state index in [1.807, 2.05) is 18.2 Å². The Balaban J connectivity index is 2.14. The highest BCUT2D eigenvalue weighted by Crippen LogP contribution is 2.49. The monoisotopic (exact) mass is 492 g/mol. The molecule has 122 valence electrons. The number of halogens is 2. The predicted octanol–water partition coefficient (Wildman–Crippen LogP) is 3.18. The molecule has 0 spiro atoms. The molecule has 1 amide bonds. The number of benzene rings is 1. The first kappa shape index (κ1) is 16.7. The summed E-state index contributed by atoms with van der Waals surface area (Å²) in [6.07, 6.45) is 1.16. The molecule has 3 atom stereocenters. The van der Waals surface area contributed by atoms with E-state index in [-0.39, 0.29) is 12.0 Å². The maximum absolute atomic E-state index is 11.4. The van der Waals surface area contributed by atoms with Gasteiger partial charge in [-0.3, -0.25) is 0 Å². The second kappa shape index (κ2) is 6.41. The number of ether oxygens (including phenoxy) is 1. The van der Waals surface area contributed by atoms with E-state index in [9.17, 15) is 14.7 Å². The van der Waals surface area contributed by atoms with Crippen LogP contribution >= 0.6 is 38.5 Å². The minimum absolute atomic E-state index is 0.161. The van der Waals surface area contributed by atoms with Gasteiger partial charge in [-0.25, -0.2) is 9.59 Å². The second-order valence-corrected chi connectivity index (χ2v) is 7.36. The zero-order valence-electron chi connectivity index (χ0n) is 12.0. The van der Waals surface area contributed by atoms with Gasteiger partial charge in [0.1, 0.15) is 17.4 Å². The van der Waals surface area contributed by atoms with E-state index in [2.05, 4.69) is 43.5 Å². The van der Waals surface area contributed by atoms with E-state index in [0.29, 0.717) is 29.7 Å². The van der Waals surface area contributed by atoms with Gasteiger partial charge in [0.25, 0.3) is 0 Å². The topological polar surface area (TPSA) is 79.2 Å². The number of amides is 1. The number of carbonyl (C=O) groups excluding carboxylic acids is 1. The van der Waals surface area contributed by atoms with E-state index in [0.717, 1.165) is 10.0 Å². The van der Waals surface area contributed by atoms with Gasteiger partial charge < -0.3 is 14.7 Å². The first-order chi connectivity index (χ1) is 11.0. The van der Waals surface area contributed by atoms with Crippen molar-refractivity contribution in [1.29, 1.82) is 0 Å². The molecule has 0 aromatic heterocycles. The van der Waals surface area contributed by atoms with Gasteiger partial charge in [0, 0.05) is 39.9 Å². The molecule has 0 saturated carbocycles. The minimum atomic E-state index is -0.957. The third-order valence-electron chi connectivity index (χ3n) is 4.57. The lowest BCUT2D eigenvalue weighted by Gasteiger charge is -2.49. The lowest BCUT2D eigenvalue weighted by Crippen LogP contribution is -2.57. The lowest BCUT2D eigenvalue weighted by atomic mass is 9.72. The molecule has 3 rings (SSSR count). The molecule has 1 N–H and O–H groups in total. The van der Waals surface area contributed by atoms with E-state index in [1.54, 1.807) is 6.08 Å². The number of likely N-dealkylation sites (tertiary alicyclic amines) is 1. The highest BCUT2D eigenvalue weighted by atomic mass is 127. The Morgan fingerprint density at radius 3 is 3.04 bits per heavy atom. The number of alkyl halides is 1. The average molecular weight is 493 g/mol. The normalized spacial score (nSPS) is 28.9. The largest absolute Gasteiger partial charge is 0.490 e. The number of hydrogen-bond donors (Lipinski definition) is 1. The zero-order valence-corrected chi connectivity index (χ0v) is 15.8. The molecule has 0 aliphatic carbocycles. The number of piperidine rings is 1. The number of rotatable bonds is 2. The van der Waals surface area contributed by atoms with Gasteiger partial charge in [-0.05, 0) is 18.2 Å². The summed E-state index contributed by atoms with van der Waals surface area (Å²) < 4.78 is 7.49. The number of isocyanates is 1. The zero-order chi connectivity index (χ0) is 16.6. The summed E-state index contributed by atoms with van der Waals surface area (Å²) in [6.45, 7) is 0.713. The molecule has 1 saturated heterocycles. The Hall–Kier alpha value is -1.12. The van der Waals surface area contributed by atoms with Gasteiger partial charge in [0.2, 0.25) is 6.08 Å². The first-order valence-corrected chi connectivity index (χ1v) is 9.43. The van der Waals surface area contributed by atoms with Crippen molar-refractivity contribution in [3.8, 4) is 5.75 Å². The molecular formula is C15H14BrIN2O4. The van der Waals surface area contributed by atoms with Crippen molar-refractivity contribution >= 4 is 50.7 Å². The fraction of sp³-hybridized carbons (Fsp3) is 0.467. The van der Waals surface area contributed by atoms with Crippen LogP contribution in [0.5, 0.6) is 5.75 Å². The fourth-order valence-corrected chi connectivity index (χ4v) is 4.94. The number of fused-ring (bicyclic) bond motifs is 2. The van der Waals surface area contributed by atoms with Crippen molar-refractivity contribution in [2.24, 2.45) is 10.9 Å². The molecule has 8 heteroatoms. The molecule has 0 radical (unpaired) electrons. The van der Waals surface area contributed by atoms with Crippen LogP contribution in [-0.4, -0.2) is 45.8 Å². The Morgan fingerprint density at radius 1 is 1.61 bits per heavy atom. The molecule has 2 heterocycles. The summed E-state index contributed by atoms with van der Waals surface area (Å²) in [6, 6.07) is 5.64. The van der Waals surface area contributed by atoms with Gasteiger partial charge in [-0.15, -0.1) is 0 Å². The summed E-state index contributed by atoms with van der Waals surface area (Å²) in [5, 5.41) is 9.31. The van der Waals surface area contributed by atoms with E-state index in [1.165, 1.54) is 4.90 Å². The second-order valence-electron chi connectivity index (χ2n) is 5.68. The van der Waals surface area contributed by atoms with Crippen LogP contribution in [0.1, 0.15) is 12.0 Å². The van der Waals surface area contributed by atoms with Gasteiger partial charge in [0.15, 0.2) is 0 Å². The van der Waals surface area contributed by atoms with Crippen molar-refractivity contribution in [3.05, 3.63) is 28.2 Å². The Morgan fingerprint density at radius 2 is 2.39 bits per heavy atom. The molecule has 6 nitrogen and oxygen atoms in total. The number of nitrogens with zero attached hydrogens (tertiary/aromatic N) is 2. The molecule has 0 bridgehead atoms. The maximum atomic E-state index is 11.4. The van der Waals surface area contributed by atoms with Crippen molar-refractivity contribution in [1.82, 2.24) is 4.90 Å². The van der Waals surface area contributed by atoms with Crippen molar-refractivity contribution < 1.29 is 19.4 Å². The molecule has 1 aromatic carbocycles. The standard InChI is InChI=1S/C15H14BrIN2O4/c16-9-1-2-12-10(5-9)15(7-17,18-8-20)11-6-19(14(21)22)4-3-13(11)23-12/h1-2,5,11,13H,3-4,6-7H2,(H,21,22). The van der Waals surface area contributed by atoms with Crippen molar-refractivity contribution in [2.45, 2.75) is 18.1 Å². The van der Waals surface area contributed by atoms with Crippen LogP contribution in [0, 0.1) is 5.92 Å². The van der Waals surface area contributed by atoms with Crippen LogP contribution in [0.4, 0.5) is 4.79 Å². The van der Waals surface area contributed by atoms with Crippen molar-refractivity contribution in [3.63, 3.8) is 0 Å². The third kappa shape index (κ3) is 2.77. The van der Waals surface area contributed by atoms with Crippen LogP contribution in [0.2, 0.25) is 0 Å². The molecule has 23 heavy (non-hydrogen) atoms. The van der Waals surface area contributed by atoms with Gasteiger partial charge in [0.05, 0.1) is 0 Å². The van der Waals surface area contributed by atoms with Crippen LogP contribution < -0.4 is 4.74 Å². The molecular weight excluding hydrogens is 479 g/mol. The Bertz CT molecular complexity index is 694. The summed E-state index contributed by atoms with van der Waals surface area (Å²) in [5.74, 6) is 0.487. The third-order valence-corrected chi connectivity index (χ3v) is 6.22. The van der Waals surface area contributed by atoms with E-state index >= 15 is 0 Å². The van der Waals surface area contributed by atoms with Crippen LogP contribution in [-0.2, 0) is 10.3 Å². The average Bonchev–Trinajstić information content (AvgIpc) is 2.54. The smallest absolute Gasteiger partial charge is 0.407 e. The first-order valence-electron chi connectivity index (χ1n) is 7.11. The predicted molar refractivity (Wildman–Crippen MR) is 94.9 cm³/mol. The summed E-state index contributed by atoms with van der Waals surface area (Å²) in [4.78, 5) is 28.0. The van der Waals surface area contributed by atoms with E-state index in [4.69, 9.17) is 4.74 Å². The summed E-state index contributed by atoms with van der Waals surface area (Å²) >= 11 is 5.64. The fourth-order valence-electron chi connectivity index (χ4n) is 3.44. The highest BCUT2D eigenvalue weighted by molar-refractivity contribution is 14.1. The number of aliphatic imine (C=N–C) groups is 1. The number of carbonyl (C=O) groups is 1. The maximum Gasteiger partial charge on any atom is 0.407 e. The Kier molecular flexibility index (Phi) is 4.66.